The Hall–Kier alpha value is -0.440. The zero-order chi connectivity index (χ0) is 14.0. The van der Waals surface area contributed by atoms with Crippen LogP contribution in [0.1, 0.15) is 12.8 Å². The molecule has 1 amide bonds. The van der Waals surface area contributed by atoms with Crippen LogP contribution in [0.15, 0.2) is 20.1 Å². The predicted molar refractivity (Wildman–Crippen MR) is 77.6 cm³/mol. The van der Waals surface area contributed by atoms with Crippen LogP contribution < -0.4 is 5.32 Å². The Labute approximate surface area is 125 Å². The number of hydrogen-bond acceptors (Lipinski definition) is 4. The van der Waals surface area contributed by atoms with Crippen molar-refractivity contribution in [1.29, 1.82) is 0 Å². The van der Waals surface area contributed by atoms with E-state index in [4.69, 9.17) is 0 Å². The molecule has 5 nitrogen and oxygen atoms in total. The lowest BCUT2D eigenvalue weighted by Crippen LogP contribution is -2.42. The van der Waals surface area contributed by atoms with Crippen LogP contribution in [0.2, 0.25) is 0 Å². The summed E-state index contributed by atoms with van der Waals surface area (Å²) in [7, 11) is -1.80. The van der Waals surface area contributed by atoms with Crippen LogP contribution in [-0.2, 0) is 14.8 Å². The highest BCUT2D eigenvalue weighted by molar-refractivity contribution is 9.11. The largest absolute Gasteiger partial charge is 0.359 e. The second kappa shape index (κ2) is 5.90. The first-order valence-electron chi connectivity index (χ1n) is 5.92. The predicted octanol–water partition coefficient (Wildman–Crippen LogP) is 1.66. The van der Waals surface area contributed by atoms with Gasteiger partial charge in [-0.15, -0.1) is 11.3 Å². The number of halogens is 1. The van der Waals surface area contributed by atoms with Gasteiger partial charge in [0.05, 0.1) is 3.79 Å². The molecule has 1 fully saturated rings. The fraction of sp³-hybridized carbons (Fsp3) is 0.545. The molecule has 1 aliphatic heterocycles. The highest BCUT2D eigenvalue weighted by Crippen LogP contribution is 2.30. The first kappa shape index (κ1) is 15.0. The van der Waals surface area contributed by atoms with Gasteiger partial charge in [-0.05, 0) is 40.9 Å². The Morgan fingerprint density at radius 2 is 2.05 bits per heavy atom. The molecule has 2 rings (SSSR count). The van der Waals surface area contributed by atoms with Crippen molar-refractivity contribution in [1.82, 2.24) is 9.62 Å². The normalized spacial score (nSPS) is 18.4. The smallest absolute Gasteiger partial charge is 0.252 e. The second-order valence-corrected chi connectivity index (χ2v) is 8.98. The van der Waals surface area contributed by atoms with Crippen LogP contribution in [-0.4, -0.2) is 38.8 Å². The molecule has 1 aromatic rings. The monoisotopic (exact) mass is 366 g/mol. The van der Waals surface area contributed by atoms with Crippen LogP contribution in [0.3, 0.4) is 0 Å². The molecular formula is C11H15BrN2O3S2. The Kier molecular flexibility index (Phi) is 4.65. The molecule has 0 saturated carbocycles. The average Bonchev–Trinajstić information content (AvgIpc) is 2.85. The number of piperidine rings is 1. The van der Waals surface area contributed by atoms with Gasteiger partial charge in [-0.2, -0.15) is 4.31 Å². The Bertz CT molecular complexity index is 562. The molecule has 0 unspecified atom stereocenters. The molecule has 106 valence electrons. The molecule has 19 heavy (non-hydrogen) atoms. The zero-order valence-corrected chi connectivity index (χ0v) is 13.6. The first-order chi connectivity index (χ1) is 8.95. The van der Waals surface area contributed by atoms with Crippen molar-refractivity contribution >= 4 is 43.2 Å². The maximum atomic E-state index is 12.4. The van der Waals surface area contributed by atoms with Gasteiger partial charge in [0.1, 0.15) is 4.21 Å². The molecule has 1 aromatic heterocycles. The molecule has 1 aliphatic rings. The van der Waals surface area contributed by atoms with Crippen LogP contribution in [0.5, 0.6) is 0 Å². The quantitative estimate of drug-likeness (QED) is 0.884. The minimum Gasteiger partial charge on any atom is -0.359 e. The fourth-order valence-corrected chi connectivity index (χ4v) is 5.76. The average molecular weight is 367 g/mol. The number of nitrogens with one attached hydrogen (secondary N) is 1. The maximum Gasteiger partial charge on any atom is 0.252 e. The number of rotatable bonds is 3. The van der Waals surface area contributed by atoms with Gasteiger partial charge in [0.15, 0.2) is 0 Å². The van der Waals surface area contributed by atoms with Crippen molar-refractivity contribution in [2.45, 2.75) is 17.1 Å². The third-order valence-corrected chi connectivity index (χ3v) is 7.20. The summed E-state index contributed by atoms with van der Waals surface area (Å²) in [6, 6.07) is 3.34. The van der Waals surface area contributed by atoms with Crippen molar-refractivity contribution in [3.05, 3.63) is 15.9 Å². The molecule has 0 spiro atoms. The number of carbonyl (C=O) groups excluding carboxylic acids is 1. The summed E-state index contributed by atoms with van der Waals surface area (Å²) in [4.78, 5) is 11.5. The van der Waals surface area contributed by atoms with Gasteiger partial charge in [-0.1, -0.05) is 0 Å². The topological polar surface area (TPSA) is 66.5 Å². The zero-order valence-electron chi connectivity index (χ0n) is 10.4. The van der Waals surface area contributed by atoms with Gasteiger partial charge < -0.3 is 5.32 Å². The van der Waals surface area contributed by atoms with E-state index in [9.17, 15) is 13.2 Å². The lowest BCUT2D eigenvalue weighted by Gasteiger charge is -2.29. The molecular weight excluding hydrogens is 352 g/mol. The van der Waals surface area contributed by atoms with Crippen LogP contribution >= 0.6 is 27.3 Å². The number of amides is 1. The van der Waals surface area contributed by atoms with E-state index in [-0.39, 0.29) is 11.8 Å². The van der Waals surface area contributed by atoms with Crippen LogP contribution in [0.4, 0.5) is 0 Å². The van der Waals surface area contributed by atoms with E-state index in [1.807, 2.05) is 0 Å². The summed E-state index contributed by atoms with van der Waals surface area (Å²) >= 11 is 4.48. The van der Waals surface area contributed by atoms with Crippen molar-refractivity contribution in [2.24, 2.45) is 5.92 Å². The van der Waals surface area contributed by atoms with Gasteiger partial charge in [0.25, 0.3) is 10.0 Å². The summed E-state index contributed by atoms with van der Waals surface area (Å²) in [5, 5.41) is 2.61. The third kappa shape index (κ3) is 3.18. The lowest BCUT2D eigenvalue weighted by atomic mass is 9.97. The van der Waals surface area contributed by atoms with Crippen LogP contribution in [0.25, 0.3) is 0 Å². The van der Waals surface area contributed by atoms with Crippen molar-refractivity contribution in [2.75, 3.05) is 20.1 Å². The molecule has 2 heterocycles. The number of sulfonamides is 1. The summed E-state index contributed by atoms with van der Waals surface area (Å²) in [5.41, 5.74) is 0. The van der Waals surface area contributed by atoms with E-state index in [0.717, 1.165) is 3.79 Å². The number of hydrogen-bond donors (Lipinski definition) is 1. The number of thiophene rings is 1. The molecule has 1 saturated heterocycles. The van der Waals surface area contributed by atoms with Crippen molar-refractivity contribution in [3.63, 3.8) is 0 Å². The standard InChI is InChI=1S/C11H15BrN2O3S2/c1-13-11(15)8-4-6-14(7-5-8)19(16,17)10-3-2-9(12)18-10/h2-3,8H,4-7H2,1H3,(H,13,15). The van der Waals surface area contributed by atoms with Gasteiger partial charge in [-0.25, -0.2) is 8.42 Å². The van der Waals surface area contributed by atoms with Gasteiger partial charge in [-0.3, -0.25) is 4.79 Å². The fourth-order valence-electron chi connectivity index (χ4n) is 2.13. The van der Waals surface area contributed by atoms with Gasteiger partial charge in [0.2, 0.25) is 5.91 Å². The summed E-state index contributed by atoms with van der Waals surface area (Å²) in [6.45, 7) is 0.797. The third-order valence-electron chi connectivity index (χ3n) is 3.21. The van der Waals surface area contributed by atoms with Crippen LogP contribution in [0, 0.1) is 5.92 Å². The molecule has 0 aliphatic carbocycles. The first-order valence-corrected chi connectivity index (χ1v) is 8.97. The Morgan fingerprint density at radius 1 is 1.42 bits per heavy atom. The molecule has 8 heteroatoms. The van der Waals surface area contributed by atoms with E-state index >= 15 is 0 Å². The van der Waals surface area contributed by atoms with Gasteiger partial charge in [0, 0.05) is 26.1 Å². The maximum absolute atomic E-state index is 12.4. The molecule has 0 atom stereocenters. The molecule has 0 radical (unpaired) electrons. The molecule has 1 N–H and O–H groups in total. The second-order valence-electron chi connectivity index (χ2n) is 4.35. The minimum atomic E-state index is -3.41. The van der Waals surface area contributed by atoms with E-state index < -0.39 is 10.0 Å². The van der Waals surface area contributed by atoms with E-state index in [1.54, 1.807) is 19.2 Å². The summed E-state index contributed by atoms with van der Waals surface area (Å²) in [5.74, 6) is -0.0811. The Balaban J connectivity index is 2.07. The number of carbonyl (C=O) groups is 1. The number of nitrogens with zero attached hydrogens (tertiary/aromatic N) is 1. The molecule has 0 bridgehead atoms. The van der Waals surface area contributed by atoms with Crippen molar-refractivity contribution in [3.8, 4) is 0 Å². The van der Waals surface area contributed by atoms with E-state index in [2.05, 4.69) is 21.2 Å². The highest BCUT2D eigenvalue weighted by Gasteiger charge is 2.32. The summed E-state index contributed by atoms with van der Waals surface area (Å²) < 4.78 is 27.3. The highest BCUT2D eigenvalue weighted by atomic mass is 79.9. The Morgan fingerprint density at radius 3 is 2.53 bits per heavy atom. The minimum absolute atomic E-state index is 0.00378. The SMILES string of the molecule is CNC(=O)C1CCN(S(=O)(=O)c2ccc(Br)s2)CC1. The lowest BCUT2D eigenvalue weighted by molar-refractivity contribution is -0.125. The van der Waals surface area contributed by atoms with Gasteiger partial charge >= 0.3 is 0 Å². The van der Waals surface area contributed by atoms with Crippen molar-refractivity contribution < 1.29 is 13.2 Å². The summed E-state index contributed by atoms with van der Waals surface area (Å²) in [6.07, 6.45) is 1.15. The molecule has 0 aromatic carbocycles. The van der Waals surface area contributed by atoms with E-state index in [0.29, 0.717) is 30.1 Å². The van der Waals surface area contributed by atoms with E-state index in [1.165, 1.54) is 15.6 Å².